The van der Waals surface area contributed by atoms with Crippen molar-refractivity contribution in [2.75, 3.05) is 23.7 Å². The summed E-state index contributed by atoms with van der Waals surface area (Å²) in [6, 6.07) is 11.9. The average molecular weight is 368 g/mol. The molecule has 2 rings (SSSR count). The molecule has 2 aromatic rings. The molecule has 142 valence electrons. The number of anilines is 2. The molecule has 7 nitrogen and oxygen atoms in total. The van der Waals surface area contributed by atoms with E-state index in [1.54, 1.807) is 24.3 Å². The molecule has 0 aliphatic rings. The molecule has 0 unspecified atom stereocenters. The fraction of sp³-hybridized carbons (Fsp3) is 0.250. The van der Waals surface area contributed by atoms with Crippen molar-refractivity contribution in [2.24, 2.45) is 0 Å². The Bertz CT molecular complexity index is 832. The zero-order chi connectivity index (χ0) is 19.8. The van der Waals surface area contributed by atoms with Gasteiger partial charge in [0.15, 0.2) is 0 Å². The minimum Gasteiger partial charge on any atom is -0.355 e. The van der Waals surface area contributed by atoms with E-state index >= 15 is 0 Å². The molecule has 0 saturated carbocycles. The number of carbonyl (C=O) groups is 3. The lowest BCUT2D eigenvalue weighted by molar-refractivity contribution is -0.118. The van der Waals surface area contributed by atoms with Crippen molar-refractivity contribution in [1.29, 1.82) is 0 Å². The van der Waals surface area contributed by atoms with Gasteiger partial charge in [0, 0.05) is 37.0 Å². The largest absolute Gasteiger partial charge is 0.355 e. The maximum absolute atomic E-state index is 12.1. The second-order valence-electron chi connectivity index (χ2n) is 6.19. The highest BCUT2D eigenvalue weighted by Gasteiger charge is 2.07. The molecule has 7 heteroatoms. The molecule has 0 aromatic heterocycles. The molecular weight excluding hydrogens is 344 g/mol. The molecule has 4 N–H and O–H groups in total. The van der Waals surface area contributed by atoms with Crippen LogP contribution in [0.1, 0.15) is 28.4 Å². The highest BCUT2D eigenvalue weighted by atomic mass is 16.2. The van der Waals surface area contributed by atoms with Gasteiger partial charge in [0.25, 0.3) is 5.91 Å². The molecule has 0 aliphatic carbocycles. The zero-order valence-electron chi connectivity index (χ0n) is 15.7. The summed E-state index contributed by atoms with van der Waals surface area (Å²) >= 11 is 0. The van der Waals surface area contributed by atoms with E-state index in [0.717, 1.165) is 11.1 Å². The Morgan fingerprint density at radius 1 is 0.778 bits per heavy atom. The fourth-order valence-electron chi connectivity index (χ4n) is 2.33. The van der Waals surface area contributed by atoms with Crippen molar-refractivity contribution in [2.45, 2.75) is 20.8 Å². The summed E-state index contributed by atoms with van der Waals surface area (Å²) in [5.41, 5.74) is 4.02. The minimum atomic E-state index is -0.356. The number of amides is 4. The Labute approximate surface area is 158 Å². The van der Waals surface area contributed by atoms with E-state index in [1.807, 2.05) is 32.0 Å². The van der Waals surface area contributed by atoms with Gasteiger partial charge < -0.3 is 21.3 Å². The average Bonchev–Trinajstić information content (AvgIpc) is 2.62. The van der Waals surface area contributed by atoms with E-state index in [2.05, 4.69) is 21.3 Å². The smallest absolute Gasteiger partial charge is 0.323 e. The molecule has 0 spiro atoms. The van der Waals surface area contributed by atoms with Gasteiger partial charge in [-0.25, -0.2) is 4.79 Å². The molecular formula is C20H24N4O3. The van der Waals surface area contributed by atoms with Crippen molar-refractivity contribution >= 4 is 29.2 Å². The van der Waals surface area contributed by atoms with Crippen LogP contribution < -0.4 is 21.3 Å². The summed E-state index contributed by atoms with van der Waals surface area (Å²) in [7, 11) is 0. The van der Waals surface area contributed by atoms with Crippen LogP contribution in [-0.2, 0) is 4.79 Å². The number of nitrogens with one attached hydrogen (secondary N) is 4. The van der Waals surface area contributed by atoms with E-state index < -0.39 is 0 Å². The lowest BCUT2D eigenvalue weighted by Gasteiger charge is -2.10. The van der Waals surface area contributed by atoms with Crippen LogP contribution in [0.3, 0.4) is 0 Å². The second kappa shape index (κ2) is 9.38. The normalized spacial score (nSPS) is 10.0. The number of aryl methyl sites for hydroxylation is 2. The maximum Gasteiger partial charge on any atom is 0.323 e. The molecule has 0 heterocycles. The van der Waals surface area contributed by atoms with Crippen molar-refractivity contribution in [3.63, 3.8) is 0 Å². The molecule has 2 aromatic carbocycles. The van der Waals surface area contributed by atoms with Crippen LogP contribution >= 0.6 is 0 Å². The van der Waals surface area contributed by atoms with Gasteiger partial charge in [-0.3, -0.25) is 9.59 Å². The Kier molecular flexibility index (Phi) is 6.93. The number of carbonyl (C=O) groups excluding carboxylic acids is 3. The van der Waals surface area contributed by atoms with Crippen molar-refractivity contribution < 1.29 is 14.4 Å². The van der Waals surface area contributed by atoms with Gasteiger partial charge >= 0.3 is 6.03 Å². The highest BCUT2D eigenvalue weighted by Crippen LogP contribution is 2.15. The summed E-state index contributed by atoms with van der Waals surface area (Å²) in [6.07, 6.45) is 0. The van der Waals surface area contributed by atoms with E-state index in [1.165, 1.54) is 6.92 Å². The summed E-state index contributed by atoms with van der Waals surface area (Å²) in [6.45, 7) is 6.13. The van der Waals surface area contributed by atoms with Crippen LogP contribution in [0.15, 0.2) is 42.5 Å². The van der Waals surface area contributed by atoms with Gasteiger partial charge in [0.05, 0.1) is 0 Å². The Morgan fingerprint density at radius 2 is 1.37 bits per heavy atom. The molecule has 27 heavy (non-hydrogen) atoms. The summed E-state index contributed by atoms with van der Waals surface area (Å²) in [5.74, 6) is -0.384. The first kappa shape index (κ1) is 20.0. The number of urea groups is 1. The Balaban J connectivity index is 1.85. The molecule has 4 amide bonds. The fourth-order valence-corrected chi connectivity index (χ4v) is 2.33. The summed E-state index contributed by atoms with van der Waals surface area (Å²) in [5, 5.41) is 10.8. The lowest BCUT2D eigenvalue weighted by atomic mass is 10.1. The first-order chi connectivity index (χ1) is 12.8. The number of benzene rings is 2. The predicted octanol–water partition coefficient (Wildman–Crippen LogP) is 2.81. The van der Waals surface area contributed by atoms with Gasteiger partial charge in [0.1, 0.15) is 0 Å². The molecule has 0 aliphatic heterocycles. The van der Waals surface area contributed by atoms with E-state index in [0.29, 0.717) is 30.0 Å². The zero-order valence-corrected chi connectivity index (χ0v) is 15.7. The summed E-state index contributed by atoms with van der Waals surface area (Å²) in [4.78, 5) is 34.9. The third-order valence-electron chi connectivity index (χ3n) is 3.95. The lowest BCUT2D eigenvalue weighted by Crippen LogP contribution is -2.33. The van der Waals surface area contributed by atoms with Crippen LogP contribution in [-0.4, -0.2) is 30.9 Å². The van der Waals surface area contributed by atoms with Crippen LogP contribution in [0.2, 0.25) is 0 Å². The van der Waals surface area contributed by atoms with Crippen molar-refractivity contribution in [3.05, 3.63) is 59.2 Å². The molecule has 0 saturated heterocycles. The highest BCUT2D eigenvalue weighted by molar-refractivity contribution is 6.00. The summed E-state index contributed by atoms with van der Waals surface area (Å²) < 4.78 is 0. The second-order valence-corrected chi connectivity index (χ2v) is 6.19. The van der Waals surface area contributed by atoms with Crippen LogP contribution in [0.25, 0.3) is 0 Å². The van der Waals surface area contributed by atoms with Crippen LogP contribution in [0.5, 0.6) is 0 Å². The minimum absolute atomic E-state index is 0.140. The molecule has 0 atom stereocenters. The Morgan fingerprint density at radius 3 is 2.00 bits per heavy atom. The van der Waals surface area contributed by atoms with Gasteiger partial charge in [-0.15, -0.1) is 0 Å². The van der Waals surface area contributed by atoms with Gasteiger partial charge in [0.2, 0.25) is 5.91 Å². The number of rotatable bonds is 6. The Hall–Kier alpha value is -3.35. The third kappa shape index (κ3) is 6.47. The number of hydrogen-bond donors (Lipinski definition) is 4. The van der Waals surface area contributed by atoms with Crippen LogP contribution in [0.4, 0.5) is 16.2 Å². The standard InChI is InChI=1S/C20H24N4O3/c1-13-4-7-18(12-14(13)2)24-20(27)23-17-8-5-16(6-9-17)19(26)22-11-10-21-15(3)25/h4-9,12H,10-11H2,1-3H3,(H,21,25)(H,22,26)(H2,23,24,27). The number of hydrogen-bond acceptors (Lipinski definition) is 3. The topological polar surface area (TPSA) is 99.3 Å². The quantitative estimate of drug-likeness (QED) is 0.590. The molecule has 0 bridgehead atoms. The molecule has 0 radical (unpaired) electrons. The van der Waals surface area contributed by atoms with E-state index in [4.69, 9.17) is 0 Å². The predicted molar refractivity (Wildman–Crippen MR) is 106 cm³/mol. The van der Waals surface area contributed by atoms with Crippen molar-refractivity contribution in [1.82, 2.24) is 10.6 Å². The van der Waals surface area contributed by atoms with E-state index in [-0.39, 0.29) is 17.8 Å². The molecule has 0 fully saturated rings. The van der Waals surface area contributed by atoms with Gasteiger partial charge in [-0.05, 0) is 61.4 Å². The maximum atomic E-state index is 12.1. The van der Waals surface area contributed by atoms with Gasteiger partial charge in [-0.2, -0.15) is 0 Å². The van der Waals surface area contributed by atoms with Crippen molar-refractivity contribution in [3.8, 4) is 0 Å². The third-order valence-corrected chi connectivity index (χ3v) is 3.95. The first-order valence-corrected chi connectivity index (χ1v) is 8.63. The SMILES string of the molecule is CC(=O)NCCNC(=O)c1ccc(NC(=O)Nc2ccc(C)c(C)c2)cc1. The van der Waals surface area contributed by atoms with Crippen LogP contribution in [0, 0.1) is 13.8 Å². The van der Waals surface area contributed by atoms with Gasteiger partial charge in [-0.1, -0.05) is 6.07 Å². The first-order valence-electron chi connectivity index (χ1n) is 8.63. The monoisotopic (exact) mass is 368 g/mol. The van der Waals surface area contributed by atoms with E-state index in [9.17, 15) is 14.4 Å².